The summed E-state index contributed by atoms with van der Waals surface area (Å²) in [4.78, 5) is 24.8. The number of benzene rings is 1. The van der Waals surface area contributed by atoms with Crippen molar-refractivity contribution in [2.24, 2.45) is 0 Å². The standard InChI is InChI=1S/C25H30N4O3/c1-5-18-8-6-7-11-29(18)25(30)22-15-26-24-21(10-9-16(2)27-24)23(22)28-17-12-19(31-3)14-20(13-17)32-4/h9-10,12-15,18H,5-8,11H2,1-4H3,(H,26,27,28). The second-order valence-electron chi connectivity index (χ2n) is 8.15. The number of likely N-dealkylation sites (tertiary alicyclic amines) is 1. The van der Waals surface area contributed by atoms with Crippen LogP contribution in [0.15, 0.2) is 36.5 Å². The molecule has 2 aromatic heterocycles. The molecule has 1 unspecified atom stereocenters. The fourth-order valence-electron chi connectivity index (χ4n) is 4.34. The fourth-order valence-corrected chi connectivity index (χ4v) is 4.34. The Hall–Kier alpha value is -3.35. The molecule has 1 atom stereocenters. The van der Waals surface area contributed by atoms with E-state index in [1.54, 1.807) is 20.4 Å². The zero-order valence-corrected chi connectivity index (χ0v) is 19.1. The average Bonchev–Trinajstić information content (AvgIpc) is 2.83. The first-order valence-electron chi connectivity index (χ1n) is 11.1. The van der Waals surface area contributed by atoms with Gasteiger partial charge in [0, 0.05) is 53.8 Å². The van der Waals surface area contributed by atoms with Crippen molar-refractivity contribution in [1.82, 2.24) is 14.9 Å². The predicted octanol–water partition coefficient (Wildman–Crippen LogP) is 5.10. The van der Waals surface area contributed by atoms with Crippen LogP contribution in [-0.2, 0) is 0 Å². The number of methoxy groups -OCH3 is 2. The van der Waals surface area contributed by atoms with Gasteiger partial charge in [0.05, 0.1) is 25.5 Å². The minimum absolute atomic E-state index is 0.00360. The first-order valence-corrected chi connectivity index (χ1v) is 11.1. The summed E-state index contributed by atoms with van der Waals surface area (Å²) in [5, 5.41) is 4.25. The third kappa shape index (κ3) is 4.33. The Kier molecular flexibility index (Phi) is 6.44. The Balaban J connectivity index is 1.83. The number of carbonyl (C=O) groups is 1. The van der Waals surface area contributed by atoms with Crippen molar-refractivity contribution >= 4 is 28.3 Å². The number of aryl methyl sites for hydroxylation is 1. The van der Waals surface area contributed by atoms with Crippen molar-refractivity contribution in [3.8, 4) is 11.5 Å². The highest BCUT2D eigenvalue weighted by molar-refractivity contribution is 6.07. The lowest BCUT2D eigenvalue weighted by atomic mass is 9.98. The number of nitrogens with zero attached hydrogens (tertiary/aromatic N) is 3. The van der Waals surface area contributed by atoms with Gasteiger partial charge in [0.1, 0.15) is 11.5 Å². The Morgan fingerprint density at radius 3 is 2.59 bits per heavy atom. The van der Waals surface area contributed by atoms with Gasteiger partial charge in [-0.25, -0.2) is 9.97 Å². The summed E-state index contributed by atoms with van der Waals surface area (Å²) in [5.74, 6) is 1.33. The summed E-state index contributed by atoms with van der Waals surface area (Å²) < 4.78 is 10.8. The van der Waals surface area contributed by atoms with Crippen LogP contribution < -0.4 is 14.8 Å². The monoisotopic (exact) mass is 434 g/mol. The van der Waals surface area contributed by atoms with Gasteiger partial charge in [-0.2, -0.15) is 0 Å². The minimum Gasteiger partial charge on any atom is -0.497 e. The molecule has 1 aliphatic heterocycles. The first kappa shape index (κ1) is 21.9. The number of rotatable bonds is 6. The van der Waals surface area contributed by atoms with E-state index in [1.807, 2.05) is 42.2 Å². The maximum atomic E-state index is 13.7. The van der Waals surface area contributed by atoms with Gasteiger partial charge in [0.25, 0.3) is 5.91 Å². The molecular formula is C25H30N4O3. The van der Waals surface area contributed by atoms with Crippen LogP contribution in [0.3, 0.4) is 0 Å². The van der Waals surface area contributed by atoms with Crippen LogP contribution in [0.4, 0.5) is 11.4 Å². The number of anilines is 2. The van der Waals surface area contributed by atoms with Gasteiger partial charge in [-0.1, -0.05) is 6.92 Å². The smallest absolute Gasteiger partial charge is 0.257 e. The summed E-state index contributed by atoms with van der Waals surface area (Å²) in [6.07, 6.45) is 5.83. The van der Waals surface area contributed by atoms with E-state index >= 15 is 0 Å². The Bertz CT molecular complexity index is 1110. The third-order valence-electron chi connectivity index (χ3n) is 6.08. The molecule has 1 N–H and O–H groups in total. The molecule has 1 saturated heterocycles. The largest absolute Gasteiger partial charge is 0.497 e. The Morgan fingerprint density at radius 2 is 1.91 bits per heavy atom. The number of hydrogen-bond donors (Lipinski definition) is 1. The molecular weight excluding hydrogens is 404 g/mol. The molecule has 0 radical (unpaired) electrons. The van der Waals surface area contributed by atoms with Gasteiger partial charge in [-0.15, -0.1) is 0 Å². The average molecular weight is 435 g/mol. The minimum atomic E-state index is 0.00360. The molecule has 1 aliphatic rings. The first-order chi connectivity index (χ1) is 15.5. The van der Waals surface area contributed by atoms with E-state index in [-0.39, 0.29) is 11.9 Å². The molecule has 1 amide bonds. The molecule has 4 rings (SSSR count). The van der Waals surface area contributed by atoms with Gasteiger partial charge < -0.3 is 19.7 Å². The van der Waals surface area contributed by atoms with E-state index in [1.165, 1.54) is 0 Å². The molecule has 0 bridgehead atoms. The van der Waals surface area contributed by atoms with Crippen molar-refractivity contribution < 1.29 is 14.3 Å². The zero-order valence-electron chi connectivity index (χ0n) is 19.1. The van der Waals surface area contributed by atoms with E-state index < -0.39 is 0 Å². The van der Waals surface area contributed by atoms with Crippen molar-refractivity contribution in [3.05, 3.63) is 47.8 Å². The third-order valence-corrected chi connectivity index (χ3v) is 6.08. The number of ether oxygens (including phenoxy) is 2. The van der Waals surface area contributed by atoms with E-state index in [0.29, 0.717) is 28.4 Å². The number of aromatic nitrogens is 2. The van der Waals surface area contributed by atoms with Crippen molar-refractivity contribution in [3.63, 3.8) is 0 Å². The second kappa shape index (κ2) is 9.42. The second-order valence-corrected chi connectivity index (χ2v) is 8.15. The number of amides is 1. The topological polar surface area (TPSA) is 76.6 Å². The normalized spacial score (nSPS) is 16.1. The lowest BCUT2D eigenvalue weighted by Gasteiger charge is -2.35. The van der Waals surface area contributed by atoms with Crippen LogP contribution in [0, 0.1) is 6.92 Å². The lowest BCUT2D eigenvalue weighted by Crippen LogP contribution is -2.43. The van der Waals surface area contributed by atoms with Crippen LogP contribution in [0.2, 0.25) is 0 Å². The highest BCUT2D eigenvalue weighted by Gasteiger charge is 2.29. The number of hydrogen-bond acceptors (Lipinski definition) is 6. The number of pyridine rings is 2. The summed E-state index contributed by atoms with van der Waals surface area (Å²) in [5.41, 5.74) is 3.48. The van der Waals surface area contributed by atoms with E-state index in [4.69, 9.17) is 9.47 Å². The van der Waals surface area contributed by atoms with Gasteiger partial charge in [0.15, 0.2) is 5.65 Å². The number of piperidine rings is 1. The number of nitrogens with one attached hydrogen (secondary N) is 1. The molecule has 0 saturated carbocycles. The van der Waals surface area contributed by atoms with Crippen molar-refractivity contribution in [1.29, 1.82) is 0 Å². The summed E-state index contributed by atoms with van der Waals surface area (Å²) in [6.45, 7) is 4.84. The van der Waals surface area contributed by atoms with Gasteiger partial charge in [-0.05, 0) is 44.7 Å². The molecule has 0 aliphatic carbocycles. The highest BCUT2D eigenvalue weighted by atomic mass is 16.5. The number of carbonyl (C=O) groups excluding carboxylic acids is 1. The highest BCUT2D eigenvalue weighted by Crippen LogP contribution is 2.34. The van der Waals surface area contributed by atoms with E-state index in [2.05, 4.69) is 22.2 Å². The van der Waals surface area contributed by atoms with Crippen molar-refractivity contribution in [2.75, 3.05) is 26.1 Å². The molecule has 1 aromatic carbocycles. The molecule has 3 heterocycles. The maximum Gasteiger partial charge on any atom is 0.257 e. The summed E-state index contributed by atoms with van der Waals surface area (Å²) in [6, 6.07) is 9.72. The van der Waals surface area contributed by atoms with Gasteiger partial charge >= 0.3 is 0 Å². The van der Waals surface area contributed by atoms with Gasteiger partial charge in [-0.3, -0.25) is 4.79 Å². The van der Waals surface area contributed by atoms with Crippen LogP contribution in [-0.4, -0.2) is 47.6 Å². The van der Waals surface area contributed by atoms with Crippen LogP contribution in [0.5, 0.6) is 11.5 Å². The molecule has 168 valence electrons. The molecule has 3 aromatic rings. The zero-order chi connectivity index (χ0) is 22.7. The molecule has 32 heavy (non-hydrogen) atoms. The van der Waals surface area contributed by atoms with Crippen LogP contribution in [0.1, 0.15) is 48.7 Å². The fraction of sp³-hybridized carbons (Fsp3) is 0.400. The lowest BCUT2D eigenvalue weighted by molar-refractivity contribution is 0.0609. The quantitative estimate of drug-likeness (QED) is 0.581. The molecule has 0 spiro atoms. The molecule has 1 fully saturated rings. The van der Waals surface area contributed by atoms with E-state index in [9.17, 15) is 4.79 Å². The summed E-state index contributed by atoms with van der Waals surface area (Å²) in [7, 11) is 3.23. The predicted molar refractivity (Wildman–Crippen MR) is 126 cm³/mol. The SMILES string of the molecule is CCC1CCCCN1C(=O)c1cnc2nc(C)ccc2c1Nc1cc(OC)cc(OC)c1. The summed E-state index contributed by atoms with van der Waals surface area (Å²) >= 11 is 0. The maximum absolute atomic E-state index is 13.7. The van der Waals surface area contributed by atoms with Crippen LogP contribution >= 0.6 is 0 Å². The van der Waals surface area contributed by atoms with Gasteiger partial charge in [0.2, 0.25) is 0 Å². The van der Waals surface area contributed by atoms with Crippen molar-refractivity contribution in [2.45, 2.75) is 45.6 Å². The number of fused-ring (bicyclic) bond motifs is 1. The molecule has 7 nitrogen and oxygen atoms in total. The Morgan fingerprint density at radius 1 is 1.16 bits per heavy atom. The van der Waals surface area contributed by atoms with E-state index in [0.717, 1.165) is 49.0 Å². The van der Waals surface area contributed by atoms with Crippen LogP contribution in [0.25, 0.3) is 11.0 Å². The Labute approximate surface area is 188 Å². The molecule has 7 heteroatoms.